The van der Waals surface area contributed by atoms with Crippen LogP contribution in [0.15, 0.2) is 157 Å². The van der Waals surface area contributed by atoms with E-state index < -0.39 is 0 Å². The first-order valence-electron chi connectivity index (χ1n) is 19.8. The molecule has 3 aliphatic heterocycles. The summed E-state index contributed by atoms with van der Waals surface area (Å²) < 4.78 is 0. The number of fused-ring (bicyclic) bond motifs is 3. The molecule has 0 radical (unpaired) electrons. The normalized spacial score (nSPS) is 19.0. The molecular weight excluding hydrogens is 675 g/mol. The highest BCUT2D eigenvalue weighted by atomic mass is 32.2. The van der Waals surface area contributed by atoms with E-state index in [0.29, 0.717) is 17.8 Å². The molecule has 0 saturated heterocycles. The summed E-state index contributed by atoms with van der Waals surface area (Å²) in [6.45, 7) is 8.43. The van der Waals surface area contributed by atoms with Crippen molar-refractivity contribution in [1.29, 1.82) is 0 Å². The summed E-state index contributed by atoms with van der Waals surface area (Å²) in [5.74, 6) is 1.61. The van der Waals surface area contributed by atoms with E-state index in [2.05, 4.69) is 181 Å². The number of aryl methyl sites for hydroxylation is 1. The lowest BCUT2D eigenvalue weighted by Crippen LogP contribution is -2.12. The third-order valence-corrected chi connectivity index (χ3v) is 12.0. The molecule has 0 bridgehead atoms. The summed E-state index contributed by atoms with van der Waals surface area (Å²) in [4.78, 5) is 1.43. The van der Waals surface area contributed by atoms with Crippen LogP contribution >= 0.6 is 11.8 Å². The second-order valence-corrected chi connectivity index (χ2v) is 15.6. The zero-order chi connectivity index (χ0) is 37.0. The average molecular weight is 730 g/mol. The summed E-state index contributed by atoms with van der Waals surface area (Å²) in [6.07, 6.45) is 5.71. The summed E-state index contributed by atoms with van der Waals surface area (Å²) in [5, 5.41) is 10.6. The highest BCUT2D eigenvalue weighted by Gasteiger charge is 2.23. The van der Waals surface area contributed by atoms with Gasteiger partial charge in [-0.2, -0.15) is 0 Å². The van der Waals surface area contributed by atoms with E-state index >= 15 is 0 Å². The van der Waals surface area contributed by atoms with Gasteiger partial charge < -0.3 is 16.0 Å². The maximum Gasteiger partial charge on any atom is 0.0208 e. The van der Waals surface area contributed by atoms with E-state index in [4.69, 9.17) is 0 Å². The van der Waals surface area contributed by atoms with Gasteiger partial charge in [0, 0.05) is 42.3 Å². The Balaban J connectivity index is 0.000000125. The average Bonchev–Trinajstić information content (AvgIpc) is 3.69. The lowest BCUT2D eigenvalue weighted by Gasteiger charge is -2.20. The molecule has 3 nitrogen and oxygen atoms in total. The summed E-state index contributed by atoms with van der Waals surface area (Å²) in [7, 11) is 0. The smallest absolute Gasteiger partial charge is 0.0208 e. The number of hydrogen-bond acceptors (Lipinski definition) is 4. The van der Waals surface area contributed by atoms with Crippen LogP contribution in [0.1, 0.15) is 92.7 Å². The summed E-state index contributed by atoms with van der Waals surface area (Å²) >= 11 is 1.86. The van der Waals surface area contributed by atoms with Gasteiger partial charge in [-0.3, -0.25) is 0 Å². The molecular formula is C50H55N3S. The molecule has 9 rings (SSSR count). The Kier molecular flexibility index (Phi) is 13.5. The van der Waals surface area contributed by atoms with Crippen molar-refractivity contribution >= 4 is 11.8 Å². The summed E-state index contributed by atoms with van der Waals surface area (Å²) in [5.41, 5.74) is 14.5. The van der Waals surface area contributed by atoms with Gasteiger partial charge in [0.15, 0.2) is 0 Å². The van der Waals surface area contributed by atoms with E-state index in [9.17, 15) is 0 Å². The number of benzene rings is 6. The van der Waals surface area contributed by atoms with Crippen LogP contribution in [0, 0.1) is 6.92 Å². The molecule has 0 saturated carbocycles. The van der Waals surface area contributed by atoms with Crippen molar-refractivity contribution in [3.8, 4) is 0 Å². The number of hydrogen-bond donors (Lipinski definition) is 3. The minimum absolute atomic E-state index is 0.523. The van der Waals surface area contributed by atoms with Gasteiger partial charge in [0.2, 0.25) is 0 Å². The lowest BCUT2D eigenvalue weighted by molar-refractivity contribution is 0.645. The number of nitrogens with one attached hydrogen (secondary N) is 3. The van der Waals surface area contributed by atoms with Crippen molar-refractivity contribution in [3.63, 3.8) is 0 Å². The molecule has 0 fully saturated rings. The van der Waals surface area contributed by atoms with Crippen LogP contribution < -0.4 is 16.0 Å². The monoisotopic (exact) mass is 729 g/mol. The SMILES string of the molecule is CSc1cccc2c1C(c1ccccc1)CCNC2.Cc1ccc2c(c1)CNCCC2c1ccccc1.c1ccc(C2CCNCc3ccccc32)cc1. The molecule has 3 N–H and O–H groups in total. The van der Waals surface area contributed by atoms with Crippen molar-refractivity contribution in [2.24, 2.45) is 0 Å². The maximum absolute atomic E-state index is 3.55. The number of rotatable bonds is 4. The summed E-state index contributed by atoms with van der Waals surface area (Å²) in [6, 6.07) is 55.0. The molecule has 0 amide bonds. The van der Waals surface area contributed by atoms with Crippen molar-refractivity contribution in [2.45, 2.75) is 68.5 Å². The molecule has 0 aromatic heterocycles. The first-order valence-corrected chi connectivity index (χ1v) is 21.0. The van der Waals surface area contributed by atoms with Crippen LogP contribution in [0.3, 0.4) is 0 Å². The predicted molar refractivity (Wildman–Crippen MR) is 230 cm³/mol. The van der Waals surface area contributed by atoms with Crippen molar-refractivity contribution in [3.05, 3.63) is 207 Å². The zero-order valence-electron chi connectivity index (χ0n) is 31.9. The van der Waals surface area contributed by atoms with Crippen molar-refractivity contribution in [1.82, 2.24) is 16.0 Å². The Bertz CT molecular complexity index is 2050. The first-order chi connectivity index (χ1) is 26.7. The van der Waals surface area contributed by atoms with Gasteiger partial charge in [0.25, 0.3) is 0 Å². The number of thioether (sulfide) groups is 1. The van der Waals surface area contributed by atoms with Gasteiger partial charge in [0.1, 0.15) is 0 Å². The molecule has 6 aromatic carbocycles. The van der Waals surface area contributed by atoms with Gasteiger partial charge >= 0.3 is 0 Å². The molecule has 0 spiro atoms. The quantitative estimate of drug-likeness (QED) is 0.158. The molecule has 3 aliphatic rings. The van der Waals surface area contributed by atoms with E-state index in [1.54, 1.807) is 0 Å². The van der Waals surface area contributed by atoms with E-state index in [1.165, 1.54) is 79.8 Å². The van der Waals surface area contributed by atoms with E-state index in [1.807, 2.05) is 11.8 Å². The van der Waals surface area contributed by atoms with E-state index in [0.717, 1.165) is 39.3 Å². The second-order valence-electron chi connectivity index (χ2n) is 14.7. The Hall–Kier alpha value is -4.45. The van der Waals surface area contributed by atoms with Gasteiger partial charge in [-0.1, -0.05) is 151 Å². The fourth-order valence-electron chi connectivity index (χ4n) is 8.53. The van der Waals surface area contributed by atoms with Gasteiger partial charge in [-0.15, -0.1) is 11.8 Å². The molecule has 6 aromatic rings. The molecule has 4 heteroatoms. The standard InChI is InChI=1S/C17H19NS.C17H19N.C16H17N/c1-19-16-9-5-8-14-12-18-11-10-15(17(14)16)13-6-3-2-4-7-13;1-13-7-8-16-15(11-13)12-18-10-9-17(16)14-5-3-2-4-6-14;1-2-6-13(7-3-1)16-10-11-17-12-14-8-4-5-9-15(14)16/h2-9,15,18H,10-12H2,1H3;2-8,11,17-18H,9-10,12H2,1H3;1-9,16-17H,10-12H2. The van der Waals surface area contributed by atoms with Crippen LogP contribution in [0.2, 0.25) is 0 Å². The fourth-order valence-corrected chi connectivity index (χ4v) is 9.23. The highest BCUT2D eigenvalue weighted by Crippen LogP contribution is 2.38. The molecule has 3 unspecified atom stereocenters. The van der Waals surface area contributed by atoms with Gasteiger partial charge in [-0.05, 0) is 108 Å². The minimum atomic E-state index is 0.523. The predicted octanol–water partition coefficient (Wildman–Crippen LogP) is 11.0. The highest BCUT2D eigenvalue weighted by molar-refractivity contribution is 7.98. The van der Waals surface area contributed by atoms with Crippen LogP contribution in [-0.4, -0.2) is 25.9 Å². The van der Waals surface area contributed by atoms with Crippen LogP contribution in [0.25, 0.3) is 0 Å². The molecule has 3 atom stereocenters. The molecule has 276 valence electrons. The van der Waals surface area contributed by atoms with Crippen LogP contribution in [-0.2, 0) is 19.6 Å². The first kappa shape index (κ1) is 37.8. The topological polar surface area (TPSA) is 36.1 Å². The Morgan fingerprint density at radius 1 is 0.444 bits per heavy atom. The van der Waals surface area contributed by atoms with Gasteiger partial charge in [-0.25, -0.2) is 0 Å². The van der Waals surface area contributed by atoms with Crippen molar-refractivity contribution < 1.29 is 0 Å². The Morgan fingerprint density at radius 3 is 1.50 bits per heavy atom. The zero-order valence-corrected chi connectivity index (χ0v) is 32.8. The van der Waals surface area contributed by atoms with E-state index in [-0.39, 0.29) is 0 Å². The Labute approximate surface area is 328 Å². The third-order valence-electron chi connectivity index (χ3n) is 11.2. The third kappa shape index (κ3) is 9.43. The Morgan fingerprint density at radius 2 is 0.907 bits per heavy atom. The molecule has 0 aliphatic carbocycles. The second kappa shape index (κ2) is 19.2. The van der Waals surface area contributed by atoms with Crippen molar-refractivity contribution in [2.75, 3.05) is 25.9 Å². The molecule has 3 heterocycles. The van der Waals surface area contributed by atoms with Crippen LogP contribution in [0.4, 0.5) is 0 Å². The minimum Gasteiger partial charge on any atom is -0.313 e. The fraction of sp³-hybridized carbons (Fsp3) is 0.280. The van der Waals surface area contributed by atoms with Gasteiger partial charge in [0.05, 0.1) is 0 Å². The lowest BCUT2D eigenvalue weighted by atomic mass is 9.86. The molecule has 54 heavy (non-hydrogen) atoms. The van der Waals surface area contributed by atoms with Crippen LogP contribution in [0.5, 0.6) is 0 Å². The largest absolute Gasteiger partial charge is 0.313 e. The maximum atomic E-state index is 3.55.